The van der Waals surface area contributed by atoms with Gasteiger partial charge in [-0.15, -0.1) is 0 Å². The number of benzene rings is 1. The van der Waals surface area contributed by atoms with Crippen molar-refractivity contribution in [3.63, 3.8) is 0 Å². The third kappa shape index (κ3) is 2.95. The highest BCUT2D eigenvalue weighted by Crippen LogP contribution is 2.46. The third-order valence-electron chi connectivity index (χ3n) is 7.52. The molecule has 0 unspecified atom stereocenters. The zero-order valence-corrected chi connectivity index (χ0v) is 19.9. The van der Waals surface area contributed by atoms with Gasteiger partial charge in [0.25, 0.3) is 5.56 Å². The number of rotatable bonds is 3. The van der Waals surface area contributed by atoms with E-state index in [0.29, 0.717) is 51.8 Å². The molecule has 0 radical (unpaired) electrons. The number of amides is 1. The van der Waals surface area contributed by atoms with Crippen molar-refractivity contribution in [2.24, 2.45) is 0 Å². The van der Waals surface area contributed by atoms with Crippen LogP contribution in [-0.2, 0) is 39.5 Å². The first-order chi connectivity index (χ1) is 17.2. The van der Waals surface area contributed by atoms with Gasteiger partial charge in [-0.3, -0.25) is 9.59 Å². The molecule has 2 atom stereocenters. The molecule has 3 aliphatic rings. The van der Waals surface area contributed by atoms with E-state index >= 15 is 0 Å². The van der Waals surface area contributed by atoms with Gasteiger partial charge in [-0.1, -0.05) is 18.5 Å². The van der Waals surface area contributed by atoms with E-state index in [1.165, 1.54) is 10.6 Å². The first-order valence-corrected chi connectivity index (χ1v) is 12.0. The molecule has 6 rings (SSSR count). The van der Waals surface area contributed by atoms with Gasteiger partial charge in [0.15, 0.2) is 5.60 Å². The molecule has 3 N–H and O–H groups in total. The standard InChI is InChI=1S/C25H21ClFN3O6/c1-2-25(35)13-5-17-22-11(7-30(17)23(33)12(13)9-36-24(25)34)20-15(28-18(32)8-31)4-3-10-19(20)16(29-22)6-14(27)21(10)26/h5-6,15,31,35H,2-4,7-9H2,1H3,(H,28,32)/t15-,25+/m1/s1. The topological polar surface area (TPSA) is 131 Å². The maximum Gasteiger partial charge on any atom is 0.343 e. The quantitative estimate of drug-likeness (QED) is 0.357. The second kappa shape index (κ2) is 7.83. The zero-order valence-electron chi connectivity index (χ0n) is 19.2. The molecule has 0 fully saturated rings. The maximum absolute atomic E-state index is 14.7. The molecule has 2 aliphatic heterocycles. The van der Waals surface area contributed by atoms with Gasteiger partial charge in [-0.25, -0.2) is 14.2 Å². The number of aromatic nitrogens is 2. The van der Waals surface area contributed by atoms with Gasteiger partial charge in [-0.05, 0) is 36.5 Å². The van der Waals surface area contributed by atoms with Crippen molar-refractivity contribution in [3.8, 4) is 11.4 Å². The highest BCUT2D eigenvalue weighted by molar-refractivity contribution is 6.32. The molecule has 0 saturated carbocycles. The predicted octanol–water partition coefficient (Wildman–Crippen LogP) is 1.97. The lowest BCUT2D eigenvalue weighted by Gasteiger charge is -2.31. The van der Waals surface area contributed by atoms with Crippen molar-refractivity contribution in [1.82, 2.24) is 14.9 Å². The highest BCUT2D eigenvalue weighted by Gasteiger charge is 2.46. The number of aliphatic hydroxyl groups is 2. The van der Waals surface area contributed by atoms with Crippen LogP contribution in [0, 0.1) is 5.82 Å². The largest absolute Gasteiger partial charge is 0.458 e. The number of fused-ring (bicyclic) bond motifs is 5. The van der Waals surface area contributed by atoms with Crippen LogP contribution in [-0.4, -0.2) is 38.2 Å². The SMILES string of the molecule is CC[C@@]1(O)C(=O)OCc2c1cc1n(c2=O)Cc2c-1nc1cc(F)c(Cl)c3c1c2[C@H](NC(=O)CO)CC3. The molecule has 3 aromatic rings. The van der Waals surface area contributed by atoms with Gasteiger partial charge in [0.1, 0.15) is 19.0 Å². The van der Waals surface area contributed by atoms with Gasteiger partial charge >= 0.3 is 5.97 Å². The molecule has 186 valence electrons. The zero-order chi connectivity index (χ0) is 25.5. The van der Waals surface area contributed by atoms with Gasteiger partial charge < -0.3 is 24.8 Å². The Morgan fingerprint density at radius 2 is 2.11 bits per heavy atom. The van der Waals surface area contributed by atoms with Crippen LogP contribution in [0.4, 0.5) is 4.39 Å². The Morgan fingerprint density at radius 1 is 1.33 bits per heavy atom. The second-order valence-corrected chi connectivity index (χ2v) is 9.70. The summed E-state index contributed by atoms with van der Waals surface area (Å²) in [4.78, 5) is 42.8. The van der Waals surface area contributed by atoms with Gasteiger partial charge in [0.05, 0.1) is 40.1 Å². The molecular weight excluding hydrogens is 493 g/mol. The number of hydrogen-bond donors (Lipinski definition) is 3. The minimum absolute atomic E-state index is 0.00726. The van der Waals surface area contributed by atoms with Crippen molar-refractivity contribution in [2.45, 2.75) is 51.0 Å². The molecule has 36 heavy (non-hydrogen) atoms. The number of halogens is 2. The Bertz CT molecular complexity index is 1580. The lowest BCUT2D eigenvalue weighted by atomic mass is 9.83. The van der Waals surface area contributed by atoms with Crippen LogP contribution in [0.15, 0.2) is 16.9 Å². The minimum Gasteiger partial charge on any atom is -0.458 e. The number of aliphatic hydroxyl groups excluding tert-OH is 1. The van der Waals surface area contributed by atoms with Crippen molar-refractivity contribution >= 4 is 34.4 Å². The number of carbonyl (C=O) groups excluding carboxylic acids is 2. The first kappa shape index (κ1) is 23.1. The lowest BCUT2D eigenvalue weighted by Crippen LogP contribution is -2.44. The summed E-state index contributed by atoms with van der Waals surface area (Å²) in [5, 5.41) is 23.8. The maximum atomic E-state index is 14.7. The van der Waals surface area contributed by atoms with Crippen molar-refractivity contribution in [3.05, 3.63) is 61.1 Å². The number of esters is 1. The van der Waals surface area contributed by atoms with Crippen molar-refractivity contribution in [1.29, 1.82) is 0 Å². The summed E-state index contributed by atoms with van der Waals surface area (Å²) in [5.74, 6) is -2.02. The fourth-order valence-electron chi connectivity index (χ4n) is 5.74. The number of cyclic esters (lactones) is 1. The van der Waals surface area contributed by atoms with Crippen LogP contribution in [0.2, 0.25) is 5.02 Å². The number of hydrogen-bond acceptors (Lipinski definition) is 7. The molecular formula is C25H21ClFN3O6. The Kier molecular flexibility index (Phi) is 5.02. The average Bonchev–Trinajstić information content (AvgIpc) is 3.24. The second-order valence-electron chi connectivity index (χ2n) is 9.32. The van der Waals surface area contributed by atoms with E-state index in [4.69, 9.17) is 21.3 Å². The highest BCUT2D eigenvalue weighted by atomic mass is 35.5. The van der Waals surface area contributed by atoms with Crippen LogP contribution in [0.3, 0.4) is 0 Å². The van der Waals surface area contributed by atoms with E-state index in [9.17, 15) is 29.0 Å². The summed E-state index contributed by atoms with van der Waals surface area (Å²) >= 11 is 6.31. The monoisotopic (exact) mass is 513 g/mol. The van der Waals surface area contributed by atoms with Crippen LogP contribution in [0.5, 0.6) is 0 Å². The lowest BCUT2D eigenvalue weighted by molar-refractivity contribution is -0.172. The smallest absolute Gasteiger partial charge is 0.343 e. The van der Waals surface area contributed by atoms with E-state index in [-0.39, 0.29) is 35.7 Å². The normalized spacial score (nSPS) is 21.6. The molecule has 1 aliphatic carbocycles. The minimum atomic E-state index is -1.97. The number of aryl methyl sites for hydroxylation is 1. The van der Waals surface area contributed by atoms with Crippen LogP contribution < -0.4 is 10.9 Å². The molecule has 1 aromatic carbocycles. The number of nitrogens with zero attached hydrogens (tertiary/aromatic N) is 2. The summed E-state index contributed by atoms with van der Waals surface area (Å²) in [7, 11) is 0. The first-order valence-electron chi connectivity index (χ1n) is 11.6. The molecule has 4 heterocycles. The van der Waals surface area contributed by atoms with E-state index in [0.717, 1.165) is 0 Å². The number of nitrogens with one attached hydrogen (secondary N) is 1. The Labute approximate surface area is 208 Å². The number of carbonyl (C=O) groups is 2. The summed E-state index contributed by atoms with van der Waals surface area (Å²) in [6.07, 6.45) is 0.807. The van der Waals surface area contributed by atoms with Gasteiger partial charge in [-0.2, -0.15) is 0 Å². The van der Waals surface area contributed by atoms with Crippen molar-refractivity contribution in [2.75, 3.05) is 6.61 Å². The number of ether oxygens (including phenoxy) is 1. The Hall–Kier alpha value is -3.34. The molecule has 0 spiro atoms. The van der Waals surface area contributed by atoms with Gasteiger partial charge in [0.2, 0.25) is 5.91 Å². The fraction of sp³-hybridized carbons (Fsp3) is 0.360. The summed E-state index contributed by atoms with van der Waals surface area (Å²) in [5.41, 5.74) is 0.951. The average molecular weight is 514 g/mol. The predicted molar refractivity (Wildman–Crippen MR) is 126 cm³/mol. The number of pyridine rings is 2. The third-order valence-corrected chi connectivity index (χ3v) is 7.93. The molecule has 0 saturated heterocycles. The van der Waals surface area contributed by atoms with E-state index in [2.05, 4.69) is 5.32 Å². The molecule has 1 amide bonds. The van der Waals surface area contributed by atoms with E-state index in [1.54, 1.807) is 13.0 Å². The Morgan fingerprint density at radius 3 is 2.83 bits per heavy atom. The fourth-order valence-corrected chi connectivity index (χ4v) is 5.98. The van der Waals surface area contributed by atoms with Crippen LogP contribution in [0.1, 0.15) is 53.6 Å². The van der Waals surface area contributed by atoms with Crippen LogP contribution >= 0.6 is 11.6 Å². The van der Waals surface area contributed by atoms with Gasteiger partial charge in [0, 0.05) is 22.6 Å². The van der Waals surface area contributed by atoms with Crippen molar-refractivity contribution < 1.29 is 28.9 Å². The molecule has 11 heteroatoms. The van der Waals surface area contributed by atoms with E-state index in [1.807, 2.05) is 0 Å². The summed E-state index contributed by atoms with van der Waals surface area (Å²) in [6.45, 7) is 0.787. The Balaban J connectivity index is 1.66. The summed E-state index contributed by atoms with van der Waals surface area (Å²) in [6, 6.07) is 2.28. The van der Waals surface area contributed by atoms with Crippen LogP contribution in [0.25, 0.3) is 22.3 Å². The molecule has 9 nitrogen and oxygen atoms in total. The van der Waals surface area contributed by atoms with E-state index < -0.39 is 41.5 Å². The molecule has 0 bridgehead atoms. The summed E-state index contributed by atoms with van der Waals surface area (Å²) < 4.78 is 21.3. The molecule has 2 aromatic heterocycles.